The van der Waals surface area contributed by atoms with Gasteiger partial charge in [0.2, 0.25) is 0 Å². The minimum absolute atomic E-state index is 0.147. The van der Waals surface area contributed by atoms with Crippen LogP contribution in [0.4, 0.5) is 5.82 Å². The van der Waals surface area contributed by atoms with Gasteiger partial charge in [0.1, 0.15) is 11.5 Å². The lowest BCUT2D eigenvalue weighted by molar-refractivity contribution is 0.776. The van der Waals surface area contributed by atoms with Crippen molar-refractivity contribution in [3.05, 3.63) is 30.6 Å². The summed E-state index contributed by atoms with van der Waals surface area (Å²) in [7, 11) is 0. The van der Waals surface area contributed by atoms with Gasteiger partial charge in [0, 0.05) is 25.0 Å². The van der Waals surface area contributed by atoms with Crippen LogP contribution in [0, 0.1) is 0 Å². The minimum atomic E-state index is 0.147. The summed E-state index contributed by atoms with van der Waals surface area (Å²) >= 11 is 0. The maximum atomic E-state index is 5.67. The molecule has 2 rings (SSSR count). The van der Waals surface area contributed by atoms with Crippen LogP contribution in [0.3, 0.4) is 0 Å². The van der Waals surface area contributed by atoms with Gasteiger partial charge in [-0.3, -0.25) is 4.40 Å². The monoisotopic (exact) mass is 190 g/mol. The smallest absolute Gasteiger partial charge is 0.138 e. The van der Waals surface area contributed by atoms with Crippen LogP contribution >= 0.6 is 0 Å². The van der Waals surface area contributed by atoms with E-state index in [4.69, 9.17) is 5.73 Å². The van der Waals surface area contributed by atoms with Crippen LogP contribution in [-0.2, 0) is 0 Å². The zero-order chi connectivity index (χ0) is 9.97. The van der Waals surface area contributed by atoms with Crippen molar-refractivity contribution >= 4 is 11.5 Å². The SMILES string of the molecule is CC(N)CNc1cccc2nccn12. The number of nitrogens with one attached hydrogen (secondary N) is 1. The third kappa shape index (κ3) is 1.70. The van der Waals surface area contributed by atoms with Crippen molar-refractivity contribution in [1.82, 2.24) is 9.38 Å². The molecule has 4 nitrogen and oxygen atoms in total. The van der Waals surface area contributed by atoms with E-state index in [1.807, 2.05) is 35.7 Å². The fourth-order valence-electron chi connectivity index (χ4n) is 1.36. The molecule has 0 saturated heterocycles. The number of pyridine rings is 1. The van der Waals surface area contributed by atoms with Gasteiger partial charge in [-0.1, -0.05) is 6.07 Å². The number of nitrogens with two attached hydrogens (primary N) is 1. The van der Waals surface area contributed by atoms with Crippen molar-refractivity contribution in [2.24, 2.45) is 5.73 Å². The Hall–Kier alpha value is -1.55. The Balaban J connectivity index is 2.27. The van der Waals surface area contributed by atoms with Crippen LogP contribution in [0.2, 0.25) is 0 Å². The number of hydrogen-bond donors (Lipinski definition) is 2. The molecule has 0 aliphatic heterocycles. The van der Waals surface area contributed by atoms with Gasteiger partial charge in [0.15, 0.2) is 0 Å². The average molecular weight is 190 g/mol. The largest absolute Gasteiger partial charge is 0.370 e. The lowest BCUT2D eigenvalue weighted by Crippen LogP contribution is -2.25. The van der Waals surface area contributed by atoms with Gasteiger partial charge >= 0.3 is 0 Å². The first-order valence-electron chi connectivity index (χ1n) is 4.69. The molecule has 14 heavy (non-hydrogen) atoms. The maximum Gasteiger partial charge on any atom is 0.138 e. The molecule has 1 unspecified atom stereocenters. The molecule has 0 aromatic carbocycles. The standard InChI is InChI=1S/C10H14N4/c1-8(11)7-13-10-4-2-3-9-12-5-6-14(9)10/h2-6,8,13H,7,11H2,1H3. The summed E-state index contributed by atoms with van der Waals surface area (Å²) in [5, 5.41) is 3.27. The molecule has 0 bridgehead atoms. The first-order valence-corrected chi connectivity index (χ1v) is 4.69. The Morgan fingerprint density at radius 1 is 1.57 bits per heavy atom. The Kier molecular flexibility index (Phi) is 2.37. The molecule has 2 heterocycles. The van der Waals surface area contributed by atoms with E-state index in [9.17, 15) is 0 Å². The van der Waals surface area contributed by atoms with E-state index in [-0.39, 0.29) is 6.04 Å². The number of rotatable bonds is 3. The van der Waals surface area contributed by atoms with Crippen LogP contribution in [0.15, 0.2) is 30.6 Å². The van der Waals surface area contributed by atoms with Gasteiger partial charge in [-0.15, -0.1) is 0 Å². The summed E-state index contributed by atoms with van der Waals surface area (Å²) in [6, 6.07) is 6.11. The van der Waals surface area contributed by atoms with Gasteiger partial charge in [0.05, 0.1) is 0 Å². The predicted octanol–water partition coefficient (Wildman–Crippen LogP) is 1.09. The highest BCUT2D eigenvalue weighted by Gasteiger charge is 2.00. The van der Waals surface area contributed by atoms with E-state index in [2.05, 4.69) is 10.3 Å². The fraction of sp³-hybridized carbons (Fsp3) is 0.300. The van der Waals surface area contributed by atoms with Gasteiger partial charge < -0.3 is 11.1 Å². The number of aromatic nitrogens is 2. The number of hydrogen-bond acceptors (Lipinski definition) is 3. The third-order valence-electron chi connectivity index (χ3n) is 2.03. The molecule has 0 amide bonds. The van der Waals surface area contributed by atoms with Crippen molar-refractivity contribution in [2.45, 2.75) is 13.0 Å². The zero-order valence-electron chi connectivity index (χ0n) is 8.14. The minimum Gasteiger partial charge on any atom is -0.370 e. The van der Waals surface area contributed by atoms with Crippen molar-refractivity contribution in [1.29, 1.82) is 0 Å². The van der Waals surface area contributed by atoms with Crippen LogP contribution < -0.4 is 11.1 Å². The molecule has 4 heteroatoms. The van der Waals surface area contributed by atoms with Crippen LogP contribution in [0.1, 0.15) is 6.92 Å². The van der Waals surface area contributed by atoms with Crippen LogP contribution in [-0.4, -0.2) is 22.0 Å². The molecule has 2 aromatic rings. The molecule has 0 fully saturated rings. The predicted molar refractivity (Wildman–Crippen MR) is 57.3 cm³/mol. The van der Waals surface area contributed by atoms with Crippen LogP contribution in [0.25, 0.3) is 5.65 Å². The number of imidazole rings is 1. The molecule has 0 aliphatic rings. The Bertz CT molecular complexity index is 419. The summed E-state index contributed by atoms with van der Waals surface area (Å²) in [6.07, 6.45) is 3.71. The third-order valence-corrected chi connectivity index (χ3v) is 2.03. The average Bonchev–Trinajstić information content (AvgIpc) is 2.62. The highest BCUT2D eigenvalue weighted by atomic mass is 15.1. The quantitative estimate of drug-likeness (QED) is 0.761. The van der Waals surface area contributed by atoms with Gasteiger partial charge in [-0.2, -0.15) is 0 Å². The second kappa shape index (κ2) is 3.67. The topological polar surface area (TPSA) is 55.3 Å². The molecular weight excluding hydrogens is 176 g/mol. The Morgan fingerprint density at radius 3 is 3.21 bits per heavy atom. The maximum absolute atomic E-state index is 5.67. The van der Waals surface area contributed by atoms with Crippen molar-refractivity contribution in [3.8, 4) is 0 Å². The van der Waals surface area contributed by atoms with E-state index >= 15 is 0 Å². The number of anilines is 1. The second-order valence-corrected chi connectivity index (χ2v) is 3.42. The first kappa shape index (κ1) is 9.02. The van der Waals surface area contributed by atoms with Crippen molar-refractivity contribution in [2.75, 3.05) is 11.9 Å². The van der Waals surface area contributed by atoms with Gasteiger partial charge in [-0.25, -0.2) is 4.98 Å². The molecule has 1 atom stereocenters. The molecule has 0 spiro atoms. The Morgan fingerprint density at radius 2 is 2.43 bits per heavy atom. The highest BCUT2D eigenvalue weighted by molar-refractivity contribution is 5.49. The summed E-state index contributed by atoms with van der Waals surface area (Å²) < 4.78 is 2.00. The van der Waals surface area contributed by atoms with E-state index in [1.54, 1.807) is 6.20 Å². The van der Waals surface area contributed by atoms with E-state index < -0.39 is 0 Å². The number of fused-ring (bicyclic) bond motifs is 1. The molecule has 74 valence electrons. The molecule has 0 radical (unpaired) electrons. The molecule has 0 aliphatic carbocycles. The molecule has 2 aromatic heterocycles. The molecule has 3 N–H and O–H groups in total. The number of nitrogens with zero attached hydrogens (tertiary/aromatic N) is 2. The van der Waals surface area contributed by atoms with Gasteiger partial charge in [0.25, 0.3) is 0 Å². The van der Waals surface area contributed by atoms with Crippen LogP contribution in [0.5, 0.6) is 0 Å². The zero-order valence-corrected chi connectivity index (χ0v) is 8.14. The second-order valence-electron chi connectivity index (χ2n) is 3.42. The van der Waals surface area contributed by atoms with Crippen molar-refractivity contribution < 1.29 is 0 Å². The van der Waals surface area contributed by atoms with E-state index in [0.29, 0.717) is 0 Å². The van der Waals surface area contributed by atoms with Crippen molar-refractivity contribution in [3.63, 3.8) is 0 Å². The first-order chi connectivity index (χ1) is 6.77. The lowest BCUT2D eigenvalue weighted by Gasteiger charge is -2.10. The lowest BCUT2D eigenvalue weighted by atomic mass is 10.3. The molecular formula is C10H14N4. The van der Waals surface area contributed by atoms with E-state index in [0.717, 1.165) is 18.0 Å². The fourth-order valence-corrected chi connectivity index (χ4v) is 1.36. The normalized spacial score (nSPS) is 13.0. The Labute approximate surface area is 82.8 Å². The summed E-state index contributed by atoms with van der Waals surface area (Å²) in [5.74, 6) is 1.03. The highest BCUT2D eigenvalue weighted by Crippen LogP contribution is 2.10. The van der Waals surface area contributed by atoms with Gasteiger partial charge in [-0.05, 0) is 19.1 Å². The summed E-state index contributed by atoms with van der Waals surface area (Å²) in [6.45, 7) is 2.73. The summed E-state index contributed by atoms with van der Waals surface area (Å²) in [4.78, 5) is 4.20. The summed E-state index contributed by atoms with van der Waals surface area (Å²) in [5.41, 5.74) is 6.62. The van der Waals surface area contributed by atoms with E-state index in [1.165, 1.54) is 0 Å². The molecule has 0 saturated carbocycles.